The lowest BCUT2D eigenvalue weighted by molar-refractivity contribution is -0.137. The lowest BCUT2D eigenvalue weighted by Gasteiger charge is -2.12. The van der Waals surface area contributed by atoms with Gasteiger partial charge < -0.3 is 10.1 Å². The topological polar surface area (TPSA) is 97.3 Å². The van der Waals surface area contributed by atoms with Gasteiger partial charge in [0.25, 0.3) is 11.8 Å². The molecule has 2 amide bonds. The number of ether oxygens (including phenoxy) is 1. The number of benzene rings is 2. The van der Waals surface area contributed by atoms with Crippen LogP contribution in [0.5, 0.6) is 5.75 Å². The fourth-order valence-electron chi connectivity index (χ4n) is 2.91. The van der Waals surface area contributed by atoms with Gasteiger partial charge in [-0.3, -0.25) is 20.4 Å². The third-order valence-electron chi connectivity index (χ3n) is 4.53. The molecule has 3 aromatic rings. The SMILES string of the molecule is COc1ccccc1NCC(=O)NNC(=O)c1cnn(-c2cccc(C(F)(F)F)c2)c1C. The number of nitrogens with one attached hydrogen (secondary N) is 3. The summed E-state index contributed by atoms with van der Waals surface area (Å²) in [6, 6.07) is 11.6. The molecule has 11 heteroatoms. The highest BCUT2D eigenvalue weighted by Crippen LogP contribution is 2.30. The van der Waals surface area contributed by atoms with Gasteiger partial charge >= 0.3 is 6.18 Å². The standard InChI is InChI=1S/C21H20F3N5O3/c1-13-16(11-26-29(13)15-7-5-6-14(10-15)21(22,23)24)20(31)28-27-19(30)12-25-17-8-3-4-9-18(17)32-2/h3-11,25H,12H2,1-2H3,(H,27,30)(H,28,31). The predicted molar refractivity (Wildman–Crippen MR) is 110 cm³/mol. The summed E-state index contributed by atoms with van der Waals surface area (Å²) in [5.74, 6) is -0.625. The molecule has 3 N–H and O–H groups in total. The molecule has 1 heterocycles. The lowest BCUT2D eigenvalue weighted by atomic mass is 10.2. The second kappa shape index (κ2) is 9.41. The van der Waals surface area contributed by atoms with Gasteiger partial charge in [0, 0.05) is 0 Å². The number of hydrogen-bond donors (Lipinski definition) is 3. The number of aromatic nitrogens is 2. The van der Waals surface area contributed by atoms with Crippen LogP contribution in [0.3, 0.4) is 0 Å². The van der Waals surface area contributed by atoms with Gasteiger partial charge in [-0.1, -0.05) is 18.2 Å². The van der Waals surface area contributed by atoms with E-state index >= 15 is 0 Å². The number of rotatable bonds is 6. The molecule has 0 saturated carbocycles. The Balaban J connectivity index is 1.62. The number of hydrazine groups is 1. The Morgan fingerprint density at radius 1 is 1.09 bits per heavy atom. The summed E-state index contributed by atoms with van der Waals surface area (Å²) in [6.07, 6.45) is -3.29. The summed E-state index contributed by atoms with van der Waals surface area (Å²) in [5.41, 5.74) is 4.87. The first-order valence-electron chi connectivity index (χ1n) is 9.39. The van der Waals surface area contributed by atoms with E-state index in [9.17, 15) is 22.8 Å². The van der Waals surface area contributed by atoms with E-state index in [0.717, 1.165) is 12.1 Å². The van der Waals surface area contributed by atoms with Gasteiger partial charge in [-0.15, -0.1) is 0 Å². The van der Waals surface area contributed by atoms with Gasteiger partial charge in [-0.2, -0.15) is 18.3 Å². The molecule has 0 saturated heterocycles. The van der Waals surface area contributed by atoms with E-state index in [4.69, 9.17) is 4.74 Å². The summed E-state index contributed by atoms with van der Waals surface area (Å²) in [6.45, 7) is 1.40. The Kier molecular flexibility index (Phi) is 6.67. The van der Waals surface area contributed by atoms with Crippen LogP contribution < -0.4 is 20.9 Å². The van der Waals surface area contributed by atoms with E-state index in [-0.39, 0.29) is 17.8 Å². The minimum Gasteiger partial charge on any atom is -0.495 e. The van der Waals surface area contributed by atoms with Gasteiger partial charge in [0.2, 0.25) is 0 Å². The predicted octanol–water partition coefficient (Wildman–Crippen LogP) is 3.08. The maximum absolute atomic E-state index is 13.0. The number of anilines is 1. The third kappa shape index (κ3) is 5.17. The number of para-hydroxylation sites is 2. The van der Waals surface area contributed by atoms with Crippen molar-refractivity contribution in [3.8, 4) is 11.4 Å². The molecule has 2 aromatic carbocycles. The first-order valence-corrected chi connectivity index (χ1v) is 9.39. The van der Waals surface area contributed by atoms with E-state index in [1.54, 1.807) is 24.3 Å². The fourth-order valence-corrected chi connectivity index (χ4v) is 2.91. The Morgan fingerprint density at radius 2 is 1.84 bits per heavy atom. The largest absolute Gasteiger partial charge is 0.495 e. The van der Waals surface area contributed by atoms with E-state index in [2.05, 4.69) is 21.3 Å². The highest BCUT2D eigenvalue weighted by atomic mass is 19.4. The van der Waals surface area contributed by atoms with Crippen molar-refractivity contribution in [2.45, 2.75) is 13.1 Å². The molecule has 0 radical (unpaired) electrons. The van der Waals surface area contributed by atoms with Gasteiger partial charge in [0.15, 0.2) is 0 Å². The number of amides is 2. The Labute approximate surface area is 181 Å². The van der Waals surface area contributed by atoms with E-state index in [1.807, 2.05) is 0 Å². The summed E-state index contributed by atoms with van der Waals surface area (Å²) in [5, 5.41) is 6.89. The molecule has 0 fully saturated rings. The van der Waals surface area contributed by atoms with E-state index < -0.39 is 23.6 Å². The number of hydrogen-bond acceptors (Lipinski definition) is 5. The average molecular weight is 447 g/mol. The average Bonchev–Trinajstić information content (AvgIpc) is 3.17. The Morgan fingerprint density at radius 3 is 2.56 bits per heavy atom. The summed E-state index contributed by atoms with van der Waals surface area (Å²) in [7, 11) is 1.50. The Hall–Kier alpha value is -4.02. The number of methoxy groups -OCH3 is 1. The number of halogens is 3. The number of carbonyl (C=O) groups is 2. The molecular formula is C21H20F3N5O3. The van der Waals surface area contributed by atoms with E-state index in [1.165, 1.54) is 37.0 Å². The van der Waals surface area contributed by atoms with Crippen molar-refractivity contribution in [2.24, 2.45) is 0 Å². The van der Waals surface area contributed by atoms with E-state index in [0.29, 0.717) is 17.1 Å². The fraction of sp³-hybridized carbons (Fsp3) is 0.190. The first kappa shape index (κ1) is 22.7. The smallest absolute Gasteiger partial charge is 0.416 e. The lowest BCUT2D eigenvalue weighted by Crippen LogP contribution is -2.44. The minimum atomic E-state index is -4.50. The van der Waals surface area contributed by atoms with Crippen LogP contribution in [0.25, 0.3) is 5.69 Å². The van der Waals surface area contributed by atoms with Crippen molar-refractivity contribution < 1.29 is 27.5 Å². The normalized spacial score (nSPS) is 11.0. The molecule has 3 rings (SSSR count). The molecule has 0 aliphatic carbocycles. The minimum absolute atomic E-state index is 0.0976. The Bertz CT molecular complexity index is 1130. The van der Waals surface area contributed by atoms with Gasteiger partial charge in [0.1, 0.15) is 5.75 Å². The number of alkyl halides is 3. The van der Waals surface area contributed by atoms with Crippen molar-refractivity contribution in [3.63, 3.8) is 0 Å². The molecule has 0 bridgehead atoms. The van der Waals surface area contributed by atoms with Crippen molar-refractivity contribution in [3.05, 3.63) is 71.5 Å². The zero-order valence-electron chi connectivity index (χ0n) is 17.2. The number of carbonyl (C=O) groups excluding carboxylic acids is 2. The van der Waals surface area contributed by atoms with Crippen molar-refractivity contribution in [1.82, 2.24) is 20.6 Å². The molecule has 32 heavy (non-hydrogen) atoms. The molecule has 8 nitrogen and oxygen atoms in total. The zero-order chi connectivity index (χ0) is 23.3. The zero-order valence-corrected chi connectivity index (χ0v) is 17.2. The monoisotopic (exact) mass is 447 g/mol. The molecule has 0 aliphatic rings. The van der Waals surface area contributed by atoms with Crippen LogP contribution >= 0.6 is 0 Å². The van der Waals surface area contributed by atoms with Crippen molar-refractivity contribution in [1.29, 1.82) is 0 Å². The maximum atomic E-state index is 13.0. The second-order valence-electron chi connectivity index (χ2n) is 6.66. The van der Waals surface area contributed by atoms with Gasteiger partial charge in [0.05, 0.1) is 48.0 Å². The van der Waals surface area contributed by atoms with Crippen LogP contribution in [-0.4, -0.2) is 35.2 Å². The number of nitrogens with zero attached hydrogens (tertiary/aromatic N) is 2. The van der Waals surface area contributed by atoms with Crippen LogP contribution in [-0.2, 0) is 11.0 Å². The summed E-state index contributed by atoms with van der Waals surface area (Å²) >= 11 is 0. The quantitative estimate of drug-likeness (QED) is 0.505. The van der Waals surface area contributed by atoms with Crippen molar-refractivity contribution in [2.75, 3.05) is 19.0 Å². The van der Waals surface area contributed by atoms with Crippen LogP contribution in [0.1, 0.15) is 21.6 Å². The third-order valence-corrected chi connectivity index (χ3v) is 4.53. The van der Waals surface area contributed by atoms with Crippen molar-refractivity contribution >= 4 is 17.5 Å². The molecule has 168 valence electrons. The summed E-state index contributed by atoms with van der Waals surface area (Å²) in [4.78, 5) is 24.5. The second-order valence-corrected chi connectivity index (χ2v) is 6.66. The summed E-state index contributed by atoms with van der Waals surface area (Å²) < 4.78 is 45.3. The van der Waals surface area contributed by atoms with Crippen LogP contribution in [0, 0.1) is 6.92 Å². The van der Waals surface area contributed by atoms with Gasteiger partial charge in [-0.05, 0) is 37.3 Å². The molecular weight excluding hydrogens is 427 g/mol. The molecule has 0 aliphatic heterocycles. The highest BCUT2D eigenvalue weighted by molar-refractivity contribution is 5.96. The molecule has 0 spiro atoms. The highest BCUT2D eigenvalue weighted by Gasteiger charge is 2.30. The van der Waals surface area contributed by atoms with Crippen LogP contribution in [0.2, 0.25) is 0 Å². The maximum Gasteiger partial charge on any atom is 0.416 e. The van der Waals surface area contributed by atoms with Crippen LogP contribution in [0.4, 0.5) is 18.9 Å². The van der Waals surface area contributed by atoms with Gasteiger partial charge in [-0.25, -0.2) is 4.68 Å². The first-order chi connectivity index (χ1) is 15.2. The molecule has 1 aromatic heterocycles. The molecule has 0 unspecified atom stereocenters. The molecule has 0 atom stereocenters. The van der Waals surface area contributed by atoms with Crippen LogP contribution in [0.15, 0.2) is 54.7 Å².